The van der Waals surface area contributed by atoms with Crippen LogP contribution in [-0.2, 0) is 23.4 Å². The third kappa shape index (κ3) is 7.90. The van der Waals surface area contributed by atoms with Gasteiger partial charge in [-0.15, -0.1) is 0 Å². The van der Waals surface area contributed by atoms with Crippen LogP contribution >= 0.6 is 7.60 Å². The Hall–Kier alpha value is -0.910. The topological polar surface area (TPSA) is 110 Å². The summed E-state index contributed by atoms with van der Waals surface area (Å²) in [4.78, 5) is 30.8. The van der Waals surface area contributed by atoms with Gasteiger partial charge in [0, 0.05) is 6.66 Å². The van der Waals surface area contributed by atoms with E-state index >= 15 is 0 Å². The van der Waals surface area contributed by atoms with Crippen LogP contribution in [-0.4, -0.2) is 35.4 Å². The van der Waals surface area contributed by atoms with E-state index in [2.05, 4.69) is 9.26 Å². The van der Waals surface area contributed by atoms with Crippen molar-refractivity contribution in [3.05, 3.63) is 0 Å². The maximum atomic E-state index is 11.5. The number of carboxylic acids is 1. The molecule has 0 fully saturated rings. The molecule has 0 aromatic rings. The van der Waals surface area contributed by atoms with Crippen molar-refractivity contribution in [1.29, 1.82) is 0 Å². The van der Waals surface area contributed by atoms with Gasteiger partial charge in [-0.2, -0.15) is 0 Å². The number of rotatable bonds is 7. The number of esters is 1. The first-order chi connectivity index (χ1) is 7.63. The Morgan fingerprint density at radius 3 is 2.24 bits per heavy atom. The highest BCUT2D eigenvalue weighted by Crippen LogP contribution is 2.36. The normalized spacial score (nSPS) is 16.3. The summed E-state index contributed by atoms with van der Waals surface area (Å²) < 4.78 is 19.7. The molecule has 2 atom stereocenters. The highest BCUT2D eigenvalue weighted by atomic mass is 31.2. The van der Waals surface area contributed by atoms with Gasteiger partial charge in [-0.1, -0.05) is 13.8 Å². The van der Waals surface area contributed by atoms with Crippen LogP contribution in [0.1, 0.15) is 20.3 Å². The molecule has 0 aromatic carbocycles. The predicted molar refractivity (Wildman–Crippen MR) is 58.4 cm³/mol. The Labute approximate surface area is 99.3 Å². The van der Waals surface area contributed by atoms with E-state index < -0.39 is 32.2 Å². The second kappa shape index (κ2) is 6.74. The average molecular weight is 268 g/mol. The van der Waals surface area contributed by atoms with Crippen LogP contribution < -0.4 is 0 Å². The van der Waals surface area contributed by atoms with Crippen molar-refractivity contribution < 1.29 is 33.4 Å². The van der Waals surface area contributed by atoms with E-state index in [0.29, 0.717) is 0 Å². The van der Waals surface area contributed by atoms with Crippen molar-refractivity contribution in [2.75, 3.05) is 13.5 Å². The predicted octanol–water partition coefficient (Wildman–Crippen LogP) is 1.07. The summed E-state index contributed by atoms with van der Waals surface area (Å²) >= 11 is 0. The van der Waals surface area contributed by atoms with Gasteiger partial charge in [0.2, 0.25) is 6.79 Å². The van der Waals surface area contributed by atoms with E-state index in [1.807, 2.05) is 0 Å². The zero-order valence-electron chi connectivity index (χ0n) is 9.95. The molecule has 0 bridgehead atoms. The van der Waals surface area contributed by atoms with Gasteiger partial charge >= 0.3 is 19.5 Å². The molecular weight excluding hydrogens is 251 g/mol. The zero-order chi connectivity index (χ0) is 13.6. The molecule has 0 spiro atoms. The SMILES string of the molecule is CC(C)C(CC(=O)O)C(=O)OCOP(C)(=O)O. The first-order valence-electron chi connectivity index (χ1n) is 4.96. The molecule has 0 amide bonds. The van der Waals surface area contributed by atoms with Crippen LogP contribution in [0, 0.1) is 11.8 Å². The summed E-state index contributed by atoms with van der Waals surface area (Å²) in [5, 5.41) is 8.61. The highest BCUT2D eigenvalue weighted by molar-refractivity contribution is 7.51. The minimum absolute atomic E-state index is 0.207. The van der Waals surface area contributed by atoms with Crippen LogP contribution in [0.5, 0.6) is 0 Å². The van der Waals surface area contributed by atoms with Crippen LogP contribution in [0.2, 0.25) is 0 Å². The van der Waals surface area contributed by atoms with Crippen molar-refractivity contribution in [1.82, 2.24) is 0 Å². The van der Waals surface area contributed by atoms with E-state index in [4.69, 9.17) is 10.00 Å². The van der Waals surface area contributed by atoms with Gasteiger partial charge < -0.3 is 14.7 Å². The van der Waals surface area contributed by atoms with Gasteiger partial charge in [-0.25, -0.2) is 0 Å². The molecule has 0 aliphatic carbocycles. The Morgan fingerprint density at radius 2 is 1.88 bits per heavy atom. The lowest BCUT2D eigenvalue weighted by Gasteiger charge is -2.17. The van der Waals surface area contributed by atoms with Gasteiger partial charge in [0.15, 0.2) is 0 Å². The number of hydrogen-bond acceptors (Lipinski definition) is 5. The molecule has 2 unspecified atom stereocenters. The number of carboxylic acid groups (broad SMARTS) is 1. The van der Waals surface area contributed by atoms with Crippen LogP contribution in [0.25, 0.3) is 0 Å². The fraction of sp³-hybridized carbons (Fsp3) is 0.778. The minimum Gasteiger partial charge on any atom is -0.481 e. The zero-order valence-corrected chi connectivity index (χ0v) is 10.8. The molecule has 17 heavy (non-hydrogen) atoms. The fourth-order valence-corrected chi connectivity index (χ4v) is 1.32. The second-order valence-electron chi connectivity index (χ2n) is 3.96. The number of ether oxygens (including phenoxy) is 1. The first kappa shape index (κ1) is 16.1. The molecule has 0 radical (unpaired) electrons. The maximum absolute atomic E-state index is 11.5. The summed E-state index contributed by atoms with van der Waals surface area (Å²) in [7, 11) is -3.70. The van der Waals surface area contributed by atoms with Crippen molar-refractivity contribution in [2.45, 2.75) is 20.3 Å². The van der Waals surface area contributed by atoms with Crippen LogP contribution in [0.4, 0.5) is 0 Å². The van der Waals surface area contributed by atoms with Crippen molar-refractivity contribution in [3.63, 3.8) is 0 Å². The summed E-state index contributed by atoms with van der Waals surface area (Å²) in [5.41, 5.74) is 0. The van der Waals surface area contributed by atoms with E-state index in [0.717, 1.165) is 6.66 Å². The summed E-state index contributed by atoms with van der Waals surface area (Å²) in [6, 6.07) is 0. The number of carbonyl (C=O) groups is 2. The Balaban J connectivity index is 4.25. The second-order valence-corrected chi connectivity index (χ2v) is 5.83. The van der Waals surface area contributed by atoms with Crippen molar-refractivity contribution in [3.8, 4) is 0 Å². The van der Waals surface area contributed by atoms with E-state index in [1.54, 1.807) is 13.8 Å². The molecular formula is C9H17O7P. The molecule has 0 rings (SSSR count). The van der Waals surface area contributed by atoms with E-state index in [9.17, 15) is 14.2 Å². The molecule has 100 valence electrons. The molecule has 7 nitrogen and oxygen atoms in total. The standard InChI is InChI=1S/C9H17O7P/c1-6(2)7(4-8(10)11)9(12)15-5-16-17(3,13)14/h6-7H,4-5H2,1-3H3,(H,10,11)(H,13,14). The largest absolute Gasteiger partial charge is 0.481 e. The fourth-order valence-electron chi connectivity index (χ4n) is 1.07. The van der Waals surface area contributed by atoms with Crippen molar-refractivity contribution in [2.24, 2.45) is 11.8 Å². The number of hydrogen-bond donors (Lipinski definition) is 2. The van der Waals surface area contributed by atoms with Gasteiger partial charge in [0.1, 0.15) is 0 Å². The minimum atomic E-state index is -3.70. The smallest absolute Gasteiger partial charge is 0.327 e. The number of carbonyl (C=O) groups excluding carboxylic acids is 1. The van der Waals surface area contributed by atoms with Crippen LogP contribution in [0.3, 0.4) is 0 Å². The molecule has 0 aliphatic rings. The maximum Gasteiger partial charge on any atom is 0.327 e. The van der Waals surface area contributed by atoms with E-state index in [-0.39, 0.29) is 12.3 Å². The summed E-state index contributed by atoms with van der Waals surface area (Å²) in [5.74, 6) is -2.87. The third-order valence-electron chi connectivity index (χ3n) is 2.00. The lowest BCUT2D eigenvalue weighted by molar-refractivity contribution is -0.160. The molecule has 8 heteroatoms. The highest BCUT2D eigenvalue weighted by Gasteiger charge is 2.27. The lowest BCUT2D eigenvalue weighted by atomic mass is 9.93. The monoisotopic (exact) mass is 268 g/mol. The first-order valence-corrected chi connectivity index (χ1v) is 6.99. The molecule has 0 heterocycles. The Kier molecular flexibility index (Phi) is 6.37. The Bertz CT molecular complexity index is 319. The number of aliphatic carboxylic acids is 1. The van der Waals surface area contributed by atoms with Gasteiger partial charge in [0.05, 0.1) is 12.3 Å². The van der Waals surface area contributed by atoms with E-state index in [1.165, 1.54) is 0 Å². The molecule has 0 saturated carbocycles. The quantitative estimate of drug-likeness (QED) is 0.403. The van der Waals surface area contributed by atoms with Gasteiger partial charge in [-0.3, -0.25) is 18.7 Å². The van der Waals surface area contributed by atoms with Crippen LogP contribution in [0.15, 0.2) is 0 Å². The Morgan fingerprint density at radius 1 is 1.35 bits per heavy atom. The third-order valence-corrected chi connectivity index (χ3v) is 2.58. The molecule has 0 aromatic heterocycles. The lowest BCUT2D eigenvalue weighted by Crippen LogP contribution is -2.26. The summed E-state index contributed by atoms with van der Waals surface area (Å²) in [6.45, 7) is 3.67. The van der Waals surface area contributed by atoms with Gasteiger partial charge in [-0.05, 0) is 5.92 Å². The van der Waals surface area contributed by atoms with Gasteiger partial charge in [0.25, 0.3) is 0 Å². The molecule has 0 aliphatic heterocycles. The molecule has 0 saturated heterocycles. The summed E-state index contributed by atoms with van der Waals surface area (Å²) in [6.07, 6.45) is -0.348. The molecule has 2 N–H and O–H groups in total. The van der Waals surface area contributed by atoms with Crippen molar-refractivity contribution >= 4 is 19.5 Å². The average Bonchev–Trinajstić information content (AvgIpc) is 2.11.